The number of hydrogen-bond donors (Lipinski definition) is 2. The molecule has 1 aromatic heterocycles. The highest BCUT2D eigenvalue weighted by molar-refractivity contribution is 5.91. The van der Waals surface area contributed by atoms with Gasteiger partial charge in [0.2, 0.25) is 5.91 Å². The van der Waals surface area contributed by atoms with Crippen LogP contribution in [-0.2, 0) is 4.79 Å². The number of aryl methyl sites for hydroxylation is 1. The highest BCUT2D eigenvalue weighted by Gasteiger charge is 2.20. The zero-order chi connectivity index (χ0) is 13.0. The first-order chi connectivity index (χ1) is 8.67. The molecule has 2 rings (SSSR count). The minimum atomic E-state index is -0.0547. The first kappa shape index (κ1) is 13.0. The summed E-state index contributed by atoms with van der Waals surface area (Å²) >= 11 is 0. The fourth-order valence-electron chi connectivity index (χ4n) is 2.30. The molecule has 3 N–H and O–H groups in total. The van der Waals surface area contributed by atoms with Gasteiger partial charge in [-0.15, -0.1) is 0 Å². The molecule has 1 unspecified atom stereocenters. The van der Waals surface area contributed by atoms with Gasteiger partial charge >= 0.3 is 0 Å². The van der Waals surface area contributed by atoms with E-state index in [9.17, 15) is 4.79 Å². The summed E-state index contributed by atoms with van der Waals surface area (Å²) in [7, 11) is 0. The van der Waals surface area contributed by atoms with Crippen LogP contribution in [0.15, 0.2) is 10.6 Å². The molecular weight excluding hydrogens is 232 g/mol. The molecule has 100 valence electrons. The standard InChI is InChI=1S/C12H20N4O2/c1-9-5-11(15-18-9)14-12(17)8-16-4-2-3-10(6-13)7-16/h5,10H,2-4,6-8,13H2,1H3,(H,14,15,17). The molecule has 0 aliphatic carbocycles. The van der Waals surface area contributed by atoms with Crippen LogP contribution in [-0.4, -0.2) is 42.1 Å². The lowest BCUT2D eigenvalue weighted by molar-refractivity contribution is -0.117. The van der Waals surface area contributed by atoms with Crippen molar-refractivity contribution in [3.05, 3.63) is 11.8 Å². The van der Waals surface area contributed by atoms with E-state index < -0.39 is 0 Å². The van der Waals surface area contributed by atoms with Crippen LogP contribution < -0.4 is 11.1 Å². The van der Waals surface area contributed by atoms with E-state index in [1.807, 2.05) is 0 Å². The summed E-state index contributed by atoms with van der Waals surface area (Å²) in [5, 5.41) is 6.46. The van der Waals surface area contributed by atoms with Gasteiger partial charge in [0, 0.05) is 12.6 Å². The molecule has 1 atom stereocenters. The molecule has 2 heterocycles. The van der Waals surface area contributed by atoms with Crippen LogP contribution in [0.25, 0.3) is 0 Å². The maximum Gasteiger partial charge on any atom is 0.239 e. The van der Waals surface area contributed by atoms with E-state index in [2.05, 4.69) is 15.4 Å². The Morgan fingerprint density at radius 3 is 3.22 bits per heavy atom. The summed E-state index contributed by atoms with van der Waals surface area (Å²) in [6, 6.07) is 1.71. The fraction of sp³-hybridized carbons (Fsp3) is 0.667. The first-order valence-electron chi connectivity index (χ1n) is 6.33. The molecule has 6 nitrogen and oxygen atoms in total. The Bertz CT molecular complexity index is 405. The number of rotatable bonds is 4. The average Bonchev–Trinajstić information content (AvgIpc) is 2.74. The van der Waals surface area contributed by atoms with E-state index in [1.165, 1.54) is 0 Å². The van der Waals surface area contributed by atoms with Crippen molar-refractivity contribution < 1.29 is 9.32 Å². The van der Waals surface area contributed by atoms with Crippen molar-refractivity contribution in [2.45, 2.75) is 19.8 Å². The van der Waals surface area contributed by atoms with Crippen molar-refractivity contribution in [2.24, 2.45) is 11.7 Å². The summed E-state index contributed by atoms with van der Waals surface area (Å²) < 4.78 is 4.89. The average molecular weight is 252 g/mol. The van der Waals surface area contributed by atoms with Gasteiger partial charge in [-0.3, -0.25) is 9.69 Å². The van der Waals surface area contributed by atoms with Gasteiger partial charge in [-0.2, -0.15) is 0 Å². The lowest BCUT2D eigenvalue weighted by atomic mass is 9.98. The maximum absolute atomic E-state index is 11.8. The molecular formula is C12H20N4O2. The normalized spacial score (nSPS) is 20.9. The number of aromatic nitrogens is 1. The minimum absolute atomic E-state index is 0.0547. The lowest BCUT2D eigenvalue weighted by Crippen LogP contribution is -2.42. The monoisotopic (exact) mass is 252 g/mol. The highest BCUT2D eigenvalue weighted by atomic mass is 16.5. The van der Waals surface area contributed by atoms with Crippen molar-refractivity contribution in [3.8, 4) is 0 Å². The van der Waals surface area contributed by atoms with Crippen molar-refractivity contribution in [3.63, 3.8) is 0 Å². The first-order valence-corrected chi connectivity index (χ1v) is 6.33. The molecule has 1 fully saturated rings. The van der Waals surface area contributed by atoms with Crippen molar-refractivity contribution in [1.29, 1.82) is 0 Å². The fourth-order valence-corrected chi connectivity index (χ4v) is 2.30. The number of anilines is 1. The number of amides is 1. The van der Waals surface area contributed by atoms with E-state index in [-0.39, 0.29) is 5.91 Å². The van der Waals surface area contributed by atoms with Gasteiger partial charge in [0.1, 0.15) is 5.76 Å². The SMILES string of the molecule is Cc1cc(NC(=O)CN2CCCC(CN)C2)no1. The van der Waals surface area contributed by atoms with Crippen LogP contribution in [0.4, 0.5) is 5.82 Å². The zero-order valence-electron chi connectivity index (χ0n) is 10.7. The Hall–Kier alpha value is -1.40. The Kier molecular flexibility index (Phi) is 4.33. The molecule has 0 saturated carbocycles. The van der Waals surface area contributed by atoms with E-state index in [1.54, 1.807) is 13.0 Å². The Morgan fingerprint density at radius 1 is 1.72 bits per heavy atom. The number of piperidine rings is 1. The lowest BCUT2D eigenvalue weighted by Gasteiger charge is -2.31. The third-order valence-electron chi connectivity index (χ3n) is 3.20. The number of hydrogen-bond acceptors (Lipinski definition) is 5. The summed E-state index contributed by atoms with van der Waals surface area (Å²) in [5.74, 6) is 1.62. The summed E-state index contributed by atoms with van der Waals surface area (Å²) in [6.07, 6.45) is 2.27. The van der Waals surface area contributed by atoms with Crippen LogP contribution in [0.3, 0.4) is 0 Å². The second-order valence-corrected chi connectivity index (χ2v) is 4.85. The molecule has 0 radical (unpaired) electrons. The number of carbonyl (C=O) groups excluding carboxylic acids is 1. The maximum atomic E-state index is 11.8. The van der Waals surface area contributed by atoms with Gasteiger partial charge in [0.05, 0.1) is 6.54 Å². The van der Waals surface area contributed by atoms with Crippen LogP contribution in [0.1, 0.15) is 18.6 Å². The molecule has 0 spiro atoms. The quantitative estimate of drug-likeness (QED) is 0.819. The second kappa shape index (κ2) is 5.97. The summed E-state index contributed by atoms with van der Waals surface area (Å²) in [4.78, 5) is 14.0. The van der Waals surface area contributed by atoms with Gasteiger partial charge in [-0.1, -0.05) is 5.16 Å². The molecule has 6 heteroatoms. The molecule has 1 saturated heterocycles. The smallest absolute Gasteiger partial charge is 0.239 e. The highest BCUT2D eigenvalue weighted by Crippen LogP contribution is 2.15. The predicted octanol–water partition coefficient (Wildman–Crippen LogP) is 0.592. The van der Waals surface area contributed by atoms with Gasteiger partial charge in [0.15, 0.2) is 5.82 Å². The van der Waals surface area contributed by atoms with Crippen molar-refractivity contribution in [1.82, 2.24) is 10.1 Å². The Labute approximate surface area is 106 Å². The van der Waals surface area contributed by atoms with E-state index in [0.717, 1.165) is 25.9 Å². The topological polar surface area (TPSA) is 84.4 Å². The number of nitrogens with two attached hydrogens (primary N) is 1. The number of carbonyl (C=O) groups is 1. The molecule has 1 amide bonds. The van der Waals surface area contributed by atoms with Crippen molar-refractivity contribution >= 4 is 11.7 Å². The summed E-state index contributed by atoms with van der Waals surface area (Å²) in [5.41, 5.74) is 5.67. The number of nitrogens with zero attached hydrogens (tertiary/aromatic N) is 2. The largest absolute Gasteiger partial charge is 0.360 e. The van der Waals surface area contributed by atoms with Crippen LogP contribution in [0.5, 0.6) is 0 Å². The van der Waals surface area contributed by atoms with Gasteiger partial charge in [0.25, 0.3) is 0 Å². The number of likely N-dealkylation sites (tertiary alicyclic amines) is 1. The molecule has 0 bridgehead atoms. The van der Waals surface area contributed by atoms with E-state index in [4.69, 9.17) is 10.3 Å². The Morgan fingerprint density at radius 2 is 2.56 bits per heavy atom. The van der Waals surface area contributed by atoms with Gasteiger partial charge in [-0.05, 0) is 38.8 Å². The molecule has 1 aromatic rings. The summed E-state index contributed by atoms with van der Waals surface area (Å²) in [6.45, 7) is 4.74. The predicted molar refractivity (Wildman–Crippen MR) is 68.1 cm³/mol. The zero-order valence-corrected chi connectivity index (χ0v) is 10.7. The minimum Gasteiger partial charge on any atom is -0.360 e. The molecule has 18 heavy (non-hydrogen) atoms. The van der Waals surface area contributed by atoms with E-state index in [0.29, 0.717) is 30.6 Å². The molecule has 1 aliphatic heterocycles. The van der Waals surface area contributed by atoms with Crippen LogP contribution in [0, 0.1) is 12.8 Å². The molecule has 1 aliphatic rings. The van der Waals surface area contributed by atoms with Gasteiger partial charge in [-0.25, -0.2) is 0 Å². The van der Waals surface area contributed by atoms with Crippen molar-refractivity contribution in [2.75, 3.05) is 31.5 Å². The Balaban J connectivity index is 1.80. The van der Waals surface area contributed by atoms with Crippen LogP contribution >= 0.6 is 0 Å². The number of nitrogens with one attached hydrogen (secondary N) is 1. The van der Waals surface area contributed by atoms with Crippen LogP contribution in [0.2, 0.25) is 0 Å². The molecule has 0 aromatic carbocycles. The van der Waals surface area contributed by atoms with Gasteiger partial charge < -0.3 is 15.6 Å². The third kappa shape index (κ3) is 3.54. The van der Waals surface area contributed by atoms with E-state index >= 15 is 0 Å². The second-order valence-electron chi connectivity index (χ2n) is 4.85. The third-order valence-corrected chi connectivity index (χ3v) is 3.20.